The van der Waals surface area contributed by atoms with E-state index in [1.807, 2.05) is 31.3 Å². The molecule has 1 amide bonds. The first-order chi connectivity index (χ1) is 8.20. The number of rotatable bonds is 2. The Morgan fingerprint density at radius 1 is 1.24 bits per heavy atom. The number of hydrogen-bond acceptors (Lipinski definition) is 3. The van der Waals surface area contributed by atoms with Crippen molar-refractivity contribution in [1.29, 1.82) is 0 Å². The zero-order valence-electron chi connectivity index (χ0n) is 10.2. The zero-order valence-corrected chi connectivity index (χ0v) is 10.2. The minimum atomic E-state index is 0.186. The molecule has 0 saturated carbocycles. The molecular weight excluding hydrogens is 214 g/mol. The van der Waals surface area contributed by atoms with Crippen molar-refractivity contribution in [3.8, 4) is 0 Å². The lowest BCUT2D eigenvalue weighted by Crippen LogP contribution is -2.34. The van der Waals surface area contributed by atoms with Crippen LogP contribution < -0.4 is 10.6 Å². The van der Waals surface area contributed by atoms with Gasteiger partial charge in [0.25, 0.3) is 0 Å². The average molecular weight is 233 g/mol. The lowest BCUT2D eigenvalue weighted by Gasteiger charge is -2.22. The Morgan fingerprint density at radius 2 is 1.94 bits per heavy atom. The molecule has 2 N–H and O–H groups in total. The van der Waals surface area contributed by atoms with Gasteiger partial charge in [-0.2, -0.15) is 0 Å². The van der Waals surface area contributed by atoms with Crippen molar-refractivity contribution in [3.05, 3.63) is 29.8 Å². The van der Waals surface area contributed by atoms with Gasteiger partial charge in [-0.25, -0.2) is 0 Å². The molecule has 0 unspecified atom stereocenters. The van der Waals surface area contributed by atoms with E-state index in [1.54, 1.807) is 4.90 Å². The summed E-state index contributed by atoms with van der Waals surface area (Å²) >= 11 is 0. The quantitative estimate of drug-likeness (QED) is 0.822. The molecule has 0 bridgehead atoms. The number of amides is 1. The predicted molar refractivity (Wildman–Crippen MR) is 68.8 cm³/mol. The number of likely N-dealkylation sites (N-methyl/N-ethyl adjacent to an activating group) is 1. The molecule has 17 heavy (non-hydrogen) atoms. The first-order valence-corrected chi connectivity index (χ1v) is 5.98. The summed E-state index contributed by atoms with van der Waals surface area (Å²) < 4.78 is 0. The highest BCUT2D eigenvalue weighted by Crippen LogP contribution is 2.17. The van der Waals surface area contributed by atoms with Gasteiger partial charge in [-0.05, 0) is 24.1 Å². The van der Waals surface area contributed by atoms with Crippen LogP contribution in [-0.4, -0.2) is 37.5 Å². The van der Waals surface area contributed by atoms with Gasteiger partial charge in [0.05, 0.1) is 6.54 Å². The maximum atomic E-state index is 11.8. The second-order valence-corrected chi connectivity index (χ2v) is 4.46. The minimum Gasteiger partial charge on any atom is -0.362 e. The molecule has 0 aromatic heterocycles. The monoisotopic (exact) mass is 233 g/mol. The van der Waals surface area contributed by atoms with Crippen molar-refractivity contribution in [2.45, 2.75) is 13.0 Å². The van der Waals surface area contributed by atoms with Crippen LogP contribution >= 0.6 is 0 Å². The van der Waals surface area contributed by atoms with Crippen LogP contribution in [0.25, 0.3) is 0 Å². The molecule has 0 spiro atoms. The topological polar surface area (TPSA) is 49.6 Å². The van der Waals surface area contributed by atoms with Gasteiger partial charge in [-0.15, -0.1) is 0 Å². The molecule has 0 atom stereocenters. The molecule has 1 heterocycles. The van der Waals surface area contributed by atoms with Gasteiger partial charge in [-0.1, -0.05) is 12.1 Å². The first kappa shape index (κ1) is 11.9. The Morgan fingerprint density at radius 3 is 2.59 bits per heavy atom. The van der Waals surface area contributed by atoms with Crippen molar-refractivity contribution in [3.63, 3.8) is 0 Å². The SMILES string of the molecule is CN1CCCN(c2ccc(CN)cc2)CC1=O. The molecule has 1 aromatic rings. The number of benzene rings is 1. The Balaban J connectivity index is 2.12. The lowest BCUT2D eigenvalue weighted by atomic mass is 10.2. The highest BCUT2D eigenvalue weighted by molar-refractivity contribution is 5.81. The lowest BCUT2D eigenvalue weighted by molar-refractivity contribution is -0.127. The highest BCUT2D eigenvalue weighted by atomic mass is 16.2. The van der Waals surface area contributed by atoms with Crippen LogP contribution in [0.5, 0.6) is 0 Å². The van der Waals surface area contributed by atoms with Gasteiger partial charge in [0, 0.05) is 32.4 Å². The molecule has 4 nitrogen and oxygen atoms in total. The van der Waals surface area contributed by atoms with E-state index in [9.17, 15) is 4.79 Å². The number of carbonyl (C=O) groups is 1. The summed E-state index contributed by atoms with van der Waals surface area (Å²) in [4.78, 5) is 15.7. The molecular formula is C13H19N3O. The Bertz CT molecular complexity index is 388. The summed E-state index contributed by atoms with van der Waals surface area (Å²) in [5.41, 5.74) is 7.79. The Kier molecular flexibility index (Phi) is 3.64. The van der Waals surface area contributed by atoms with E-state index in [0.717, 1.165) is 30.8 Å². The van der Waals surface area contributed by atoms with Crippen LogP contribution in [0, 0.1) is 0 Å². The van der Waals surface area contributed by atoms with Crippen molar-refractivity contribution in [2.24, 2.45) is 5.73 Å². The Labute approximate surface area is 102 Å². The largest absolute Gasteiger partial charge is 0.362 e. The van der Waals surface area contributed by atoms with E-state index in [1.165, 1.54) is 0 Å². The van der Waals surface area contributed by atoms with E-state index < -0.39 is 0 Å². The fourth-order valence-corrected chi connectivity index (χ4v) is 2.05. The van der Waals surface area contributed by atoms with Crippen LogP contribution in [0.15, 0.2) is 24.3 Å². The smallest absolute Gasteiger partial charge is 0.241 e. The molecule has 0 radical (unpaired) electrons. The second kappa shape index (κ2) is 5.19. The number of nitrogens with zero attached hydrogens (tertiary/aromatic N) is 2. The van der Waals surface area contributed by atoms with Gasteiger partial charge in [-0.3, -0.25) is 4.79 Å². The van der Waals surface area contributed by atoms with E-state index in [2.05, 4.69) is 4.90 Å². The third-order valence-electron chi connectivity index (χ3n) is 3.21. The number of carbonyl (C=O) groups excluding carboxylic acids is 1. The summed E-state index contributed by atoms with van der Waals surface area (Å²) in [5, 5.41) is 0. The van der Waals surface area contributed by atoms with Crippen LogP contribution in [0.2, 0.25) is 0 Å². The van der Waals surface area contributed by atoms with Crippen LogP contribution in [0.1, 0.15) is 12.0 Å². The van der Waals surface area contributed by atoms with E-state index in [0.29, 0.717) is 13.1 Å². The summed E-state index contributed by atoms with van der Waals surface area (Å²) in [7, 11) is 1.86. The van der Waals surface area contributed by atoms with E-state index in [-0.39, 0.29) is 5.91 Å². The molecule has 1 aromatic carbocycles. The fraction of sp³-hybridized carbons (Fsp3) is 0.462. The van der Waals surface area contributed by atoms with Crippen molar-refractivity contribution >= 4 is 11.6 Å². The summed E-state index contributed by atoms with van der Waals surface area (Å²) in [6, 6.07) is 8.13. The maximum absolute atomic E-state index is 11.8. The van der Waals surface area contributed by atoms with Crippen molar-refractivity contribution < 1.29 is 4.79 Å². The number of anilines is 1. The summed E-state index contributed by atoms with van der Waals surface area (Å²) in [6.07, 6.45) is 1.01. The molecule has 1 aliphatic heterocycles. The maximum Gasteiger partial charge on any atom is 0.241 e. The van der Waals surface area contributed by atoms with Crippen LogP contribution in [-0.2, 0) is 11.3 Å². The van der Waals surface area contributed by atoms with Gasteiger partial charge in [0.2, 0.25) is 5.91 Å². The Hall–Kier alpha value is -1.55. The van der Waals surface area contributed by atoms with Gasteiger partial charge in [0.15, 0.2) is 0 Å². The average Bonchev–Trinajstić information content (AvgIpc) is 2.52. The fourth-order valence-electron chi connectivity index (χ4n) is 2.05. The predicted octanol–water partition coefficient (Wildman–Crippen LogP) is 0.814. The first-order valence-electron chi connectivity index (χ1n) is 5.98. The summed E-state index contributed by atoms with van der Waals surface area (Å²) in [5.74, 6) is 0.186. The molecule has 2 rings (SSSR count). The number of nitrogens with two attached hydrogens (primary N) is 1. The van der Waals surface area contributed by atoms with E-state index in [4.69, 9.17) is 5.73 Å². The van der Waals surface area contributed by atoms with Gasteiger partial charge in [0.1, 0.15) is 0 Å². The third-order valence-corrected chi connectivity index (χ3v) is 3.21. The minimum absolute atomic E-state index is 0.186. The normalized spacial score (nSPS) is 17.2. The van der Waals surface area contributed by atoms with Gasteiger partial charge >= 0.3 is 0 Å². The van der Waals surface area contributed by atoms with Crippen LogP contribution in [0.3, 0.4) is 0 Å². The standard InChI is InChI=1S/C13H19N3O/c1-15-7-2-8-16(10-13(15)17)12-5-3-11(9-14)4-6-12/h3-6H,2,7-10,14H2,1H3. The second-order valence-electron chi connectivity index (χ2n) is 4.46. The molecule has 0 aliphatic carbocycles. The van der Waals surface area contributed by atoms with Crippen LogP contribution in [0.4, 0.5) is 5.69 Å². The summed E-state index contributed by atoms with van der Waals surface area (Å²) in [6.45, 7) is 2.80. The van der Waals surface area contributed by atoms with Crippen molar-refractivity contribution in [2.75, 3.05) is 31.6 Å². The zero-order chi connectivity index (χ0) is 12.3. The third kappa shape index (κ3) is 2.77. The molecule has 1 fully saturated rings. The van der Waals surface area contributed by atoms with E-state index >= 15 is 0 Å². The molecule has 4 heteroatoms. The molecule has 1 saturated heterocycles. The molecule has 1 aliphatic rings. The highest BCUT2D eigenvalue weighted by Gasteiger charge is 2.18. The van der Waals surface area contributed by atoms with Crippen molar-refractivity contribution in [1.82, 2.24) is 4.90 Å². The molecule has 92 valence electrons. The number of hydrogen-bond donors (Lipinski definition) is 1. The van der Waals surface area contributed by atoms with Gasteiger partial charge < -0.3 is 15.5 Å².